The van der Waals surface area contributed by atoms with Gasteiger partial charge in [0.15, 0.2) is 0 Å². The number of anilines is 3. The summed E-state index contributed by atoms with van der Waals surface area (Å²) in [6.45, 7) is 4.40. The van der Waals surface area contributed by atoms with Crippen LogP contribution in [0.1, 0.15) is 12.5 Å². The molecule has 2 heterocycles. The molecule has 0 radical (unpaired) electrons. The topological polar surface area (TPSA) is 19.6 Å². The highest BCUT2D eigenvalue weighted by Gasteiger charge is 2.32. The maximum Gasteiger partial charge on any atom is 0.140 e. The van der Waals surface area contributed by atoms with Gasteiger partial charge in [-0.3, -0.25) is 0 Å². The van der Waals surface area contributed by atoms with E-state index in [1.165, 1.54) is 33.4 Å². The van der Waals surface area contributed by atoms with Gasteiger partial charge in [-0.15, -0.1) is 0 Å². The molecule has 0 amide bonds. The van der Waals surface area contributed by atoms with E-state index in [2.05, 4.69) is 79.2 Å². The molecule has 1 atom stereocenters. The van der Waals surface area contributed by atoms with Gasteiger partial charge in [-0.05, 0) is 44.2 Å². The molecule has 1 aromatic heterocycles. The highest BCUT2D eigenvalue weighted by molar-refractivity contribution is 6.07. The molecule has 0 N–H and O–H groups in total. The lowest BCUT2D eigenvalue weighted by molar-refractivity contribution is 0.664. The Kier molecular flexibility index (Phi) is 2.90. The molecule has 3 aromatic carbocycles. The van der Waals surface area contributed by atoms with E-state index in [4.69, 9.17) is 4.42 Å². The van der Waals surface area contributed by atoms with Gasteiger partial charge in [-0.1, -0.05) is 30.3 Å². The molecule has 0 unspecified atom stereocenters. The van der Waals surface area contributed by atoms with Crippen LogP contribution in [-0.2, 0) is 0 Å². The van der Waals surface area contributed by atoms with Crippen LogP contribution < -0.4 is 9.80 Å². The smallest absolute Gasteiger partial charge is 0.140 e. The van der Waals surface area contributed by atoms with E-state index in [1.807, 2.05) is 12.1 Å². The summed E-state index contributed by atoms with van der Waals surface area (Å²) < 4.78 is 6.19. The molecule has 5 rings (SSSR count). The van der Waals surface area contributed by atoms with Crippen LogP contribution >= 0.6 is 0 Å². The van der Waals surface area contributed by atoms with Gasteiger partial charge in [-0.25, -0.2) is 0 Å². The minimum absolute atomic E-state index is 0.262. The molecule has 0 fully saturated rings. The first-order chi connectivity index (χ1) is 12.2. The second-order valence-electron chi connectivity index (χ2n) is 6.79. The average Bonchev–Trinajstić information content (AvgIpc) is 3.13. The Labute approximate surface area is 147 Å². The lowest BCUT2D eigenvalue weighted by atomic mass is 10.1. The van der Waals surface area contributed by atoms with Crippen molar-refractivity contribution in [2.75, 3.05) is 16.8 Å². The monoisotopic (exact) mass is 328 g/mol. The zero-order chi connectivity index (χ0) is 17.1. The van der Waals surface area contributed by atoms with Crippen molar-refractivity contribution < 1.29 is 4.42 Å². The number of nitrogens with zero attached hydrogens (tertiary/aromatic N) is 2. The summed E-state index contributed by atoms with van der Waals surface area (Å²) in [6.07, 6.45) is 0.262. The summed E-state index contributed by atoms with van der Waals surface area (Å²) in [7, 11) is 2.15. The first-order valence-electron chi connectivity index (χ1n) is 8.69. The van der Waals surface area contributed by atoms with E-state index in [0.29, 0.717) is 0 Å². The van der Waals surface area contributed by atoms with Crippen molar-refractivity contribution in [3.63, 3.8) is 0 Å². The summed E-state index contributed by atoms with van der Waals surface area (Å²) in [4.78, 5) is 4.72. The number of hydrogen-bond acceptors (Lipinski definition) is 3. The zero-order valence-electron chi connectivity index (χ0n) is 14.7. The largest absolute Gasteiger partial charge is 0.456 e. The maximum absolute atomic E-state index is 6.19. The number of rotatable bonds is 1. The van der Waals surface area contributed by atoms with Gasteiger partial charge in [-0.2, -0.15) is 0 Å². The van der Waals surface area contributed by atoms with Gasteiger partial charge in [0, 0.05) is 29.1 Å². The van der Waals surface area contributed by atoms with Gasteiger partial charge >= 0.3 is 0 Å². The number of aryl methyl sites for hydroxylation is 1. The fourth-order valence-corrected chi connectivity index (χ4v) is 4.05. The zero-order valence-corrected chi connectivity index (χ0v) is 14.7. The molecule has 3 nitrogen and oxygen atoms in total. The van der Waals surface area contributed by atoms with Crippen LogP contribution in [0.4, 0.5) is 17.1 Å². The molecule has 4 aromatic rings. The molecule has 0 aliphatic carbocycles. The van der Waals surface area contributed by atoms with E-state index in [9.17, 15) is 0 Å². The third-order valence-electron chi connectivity index (χ3n) is 5.48. The second-order valence-corrected chi connectivity index (χ2v) is 6.79. The molecule has 3 heteroatoms. The van der Waals surface area contributed by atoms with Crippen LogP contribution in [0.5, 0.6) is 0 Å². The normalized spacial score (nSPS) is 16.8. The standard InChI is InChI=1S/C22H20N2O/c1-14-18(24-15(2)23(3)19-9-5-6-10-20(19)24)13-12-17-16-8-4-7-11-21(16)25-22(14)17/h4-13,15H,1-3H3/t15-/m0/s1. The SMILES string of the molecule is Cc1c(N2c3ccccc3N(C)[C@@H]2C)ccc2c1oc1ccccc12. The number of fused-ring (bicyclic) bond motifs is 4. The van der Waals surface area contributed by atoms with Crippen LogP contribution in [0, 0.1) is 6.92 Å². The molecular weight excluding hydrogens is 308 g/mol. The molecule has 25 heavy (non-hydrogen) atoms. The van der Waals surface area contributed by atoms with Crippen LogP contribution in [0.15, 0.2) is 65.1 Å². The fourth-order valence-electron chi connectivity index (χ4n) is 4.05. The lowest BCUT2D eigenvalue weighted by Crippen LogP contribution is -2.35. The predicted octanol–water partition coefficient (Wildman–Crippen LogP) is 5.83. The molecule has 0 saturated heterocycles. The summed E-state index contributed by atoms with van der Waals surface area (Å²) in [5.74, 6) is 0. The van der Waals surface area contributed by atoms with E-state index in [1.54, 1.807) is 0 Å². The van der Waals surface area contributed by atoms with Crippen molar-refractivity contribution in [3.05, 3.63) is 66.2 Å². The molecular formula is C22H20N2O. The second kappa shape index (κ2) is 5.03. The van der Waals surface area contributed by atoms with Crippen molar-refractivity contribution in [3.8, 4) is 0 Å². The Morgan fingerprint density at radius 2 is 1.52 bits per heavy atom. The van der Waals surface area contributed by atoms with Crippen molar-refractivity contribution in [2.24, 2.45) is 0 Å². The van der Waals surface area contributed by atoms with Crippen LogP contribution in [-0.4, -0.2) is 13.2 Å². The Bertz CT molecular complexity index is 1110. The fraction of sp³-hybridized carbons (Fsp3) is 0.182. The molecule has 0 spiro atoms. The van der Waals surface area contributed by atoms with Crippen molar-refractivity contribution in [1.82, 2.24) is 0 Å². The van der Waals surface area contributed by atoms with Gasteiger partial charge in [0.05, 0.1) is 11.4 Å². The third kappa shape index (κ3) is 1.86. The van der Waals surface area contributed by atoms with Gasteiger partial charge < -0.3 is 14.2 Å². The number of benzene rings is 3. The molecule has 0 saturated carbocycles. The quantitative estimate of drug-likeness (QED) is 0.438. The third-order valence-corrected chi connectivity index (χ3v) is 5.48. The lowest BCUT2D eigenvalue weighted by Gasteiger charge is -2.29. The Morgan fingerprint density at radius 3 is 2.36 bits per heavy atom. The van der Waals surface area contributed by atoms with Crippen LogP contribution in [0.2, 0.25) is 0 Å². The Balaban J connectivity index is 1.76. The van der Waals surface area contributed by atoms with Gasteiger partial charge in [0.1, 0.15) is 17.3 Å². The Morgan fingerprint density at radius 1 is 0.800 bits per heavy atom. The first kappa shape index (κ1) is 14.4. The minimum atomic E-state index is 0.262. The van der Waals surface area contributed by atoms with Crippen molar-refractivity contribution in [2.45, 2.75) is 20.0 Å². The average molecular weight is 328 g/mol. The van der Waals surface area contributed by atoms with Crippen LogP contribution in [0.3, 0.4) is 0 Å². The summed E-state index contributed by atoms with van der Waals surface area (Å²) in [5.41, 5.74) is 6.83. The van der Waals surface area contributed by atoms with Crippen LogP contribution in [0.25, 0.3) is 21.9 Å². The molecule has 1 aliphatic rings. The van der Waals surface area contributed by atoms with E-state index < -0.39 is 0 Å². The number of hydrogen-bond donors (Lipinski definition) is 0. The summed E-state index contributed by atoms with van der Waals surface area (Å²) in [5, 5.41) is 2.37. The number of para-hydroxylation sites is 3. The van der Waals surface area contributed by atoms with Crippen molar-refractivity contribution >= 4 is 39.0 Å². The van der Waals surface area contributed by atoms with E-state index >= 15 is 0 Å². The first-order valence-corrected chi connectivity index (χ1v) is 8.69. The van der Waals surface area contributed by atoms with E-state index in [-0.39, 0.29) is 6.17 Å². The predicted molar refractivity (Wildman–Crippen MR) is 105 cm³/mol. The summed E-state index contributed by atoms with van der Waals surface area (Å²) >= 11 is 0. The molecule has 0 bridgehead atoms. The Hall–Kier alpha value is -2.94. The summed E-state index contributed by atoms with van der Waals surface area (Å²) in [6, 6.07) is 21.2. The highest BCUT2D eigenvalue weighted by Crippen LogP contribution is 2.45. The molecule has 1 aliphatic heterocycles. The van der Waals surface area contributed by atoms with E-state index in [0.717, 1.165) is 11.2 Å². The van der Waals surface area contributed by atoms with Crippen molar-refractivity contribution in [1.29, 1.82) is 0 Å². The van der Waals surface area contributed by atoms with Gasteiger partial charge in [0.25, 0.3) is 0 Å². The highest BCUT2D eigenvalue weighted by atomic mass is 16.3. The molecule has 124 valence electrons. The van der Waals surface area contributed by atoms with Gasteiger partial charge in [0.2, 0.25) is 0 Å². The maximum atomic E-state index is 6.19. The number of furan rings is 1. The minimum Gasteiger partial charge on any atom is -0.456 e.